The zero-order valence-electron chi connectivity index (χ0n) is 9.10. The molecule has 1 aliphatic rings. The lowest BCUT2D eigenvalue weighted by molar-refractivity contribution is 0.0224. The SMILES string of the molecule is COC(=O)c1cncc2c1[C@@H](O)C[C@]2(C)O. The van der Waals surface area contributed by atoms with Gasteiger partial charge in [0.2, 0.25) is 0 Å². The molecule has 86 valence electrons. The summed E-state index contributed by atoms with van der Waals surface area (Å²) in [6.07, 6.45) is 2.12. The third-order valence-corrected chi connectivity index (χ3v) is 2.90. The van der Waals surface area contributed by atoms with Gasteiger partial charge in [0.1, 0.15) is 0 Å². The molecule has 5 heteroatoms. The molecule has 0 fully saturated rings. The third kappa shape index (κ3) is 1.48. The minimum Gasteiger partial charge on any atom is -0.465 e. The van der Waals surface area contributed by atoms with Gasteiger partial charge < -0.3 is 14.9 Å². The van der Waals surface area contributed by atoms with Crippen LogP contribution in [-0.4, -0.2) is 28.3 Å². The highest BCUT2D eigenvalue weighted by Crippen LogP contribution is 2.43. The van der Waals surface area contributed by atoms with Gasteiger partial charge in [0.25, 0.3) is 0 Å². The van der Waals surface area contributed by atoms with E-state index < -0.39 is 17.7 Å². The van der Waals surface area contributed by atoms with E-state index in [0.29, 0.717) is 11.1 Å². The van der Waals surface area contributed by atoms with Gasteiger partial charge >= 0.3 is 5.97 Å². The van der Waals surface area contributed by atoms with E-state index >= 15 is 0 Å². The minimum atomic E-state index is -1.15. The van der Waals surface area contributed by atoms with Crippen molar-refractivity contribution in [2.45, 2.75) is 25.0 Å². The molecule has 0 spiro atoms. The van der Waals surface area contributed by atoms with Crippen molar-refractivity contribution >= 4 is 5.97 Å². The standard InChI is InChI=1S/C11H13NO4/c1-11(15)3-8(13)9-6(10(14)16-2)4-12-5-7(9)11/h4-5,8,13,15H,3H2,1-2H3/t8-,11-/m0/s1. The Hall–Kier alpha value is -1.46. The topological polar surface area (TPSA) is 79.7 Å². The predicted molar refractivity (Wildman–Crippen MR) is 54.7 cm³/mol. The number of ether oxygens (including phenoxy) is 1. The second kappa shape index (κ2) is 3.54. The number of aliphatic hydroxyl groups excluding tert-OH is 1. The molecule has 0 radical (unpaired) electrons. The minimum absolute atomic E-state index is 0.165. The van der Waals surface area contributed by atoms with E-state index in [9.17, 15) is 15.0 Å². The Kier molecular flexibility index (Phi) is 2.44. The molecule has 0 aromatic carbocycles. The summed E-state index contributed by atoms with van der Waals surface area (Å²) in [6.45, 7) is 1.59. The number of hydrogen-bond acceptors (Lipinski definition) is 5. The van der Waals surface area contributed by atoms with Gasteiger partial charge in [-0.05, 0) is 6.92 Å². The Balaban J connectivity index is 2.61. The van der Waals surface area contributed by atoms with Crippen molar-refractivity contribution in [2.24, 2.45) is 0 Å². The van der Waals surface area contributed by atoms with E-state index in [1.807, 2.05) is 0 Å². The number of nitrogens with zero attached hydrogens (tertiary/aromatic N) is 1. The van der Waals surface area contributed by atoms with Crippen LogP contribution in [0.2, 0.25) is 0 Å². The van der Waals surface area contributed by atoms with Gasteiger partial charge in [-0.25, -0.2) is 4.79 Å². The van der Waals surface area contributed by atoms with Gasteiger partial charge in [-0.3, -0.25) is 4.98 Å². The second-order valence-corrected chi connectivity index (χ2v) is 4.13. The molecule has 2 N–H and O–H groups in total. The molecule has 5 nitrogen and oxygen atoms in total. The van der Waals surface area contributed by atoms with Crippen LogP contribution in [0.15, 0.2) is 12.4 Å². The van der Waals surface area contributed by atoms with Gasteiger partial charge in [0.15, 0.2) is 0 Å². The molecule has 2 rings (SSSR count). The molecule has 1 aromatic heterocycles. The quantitative estimate of drug-likeness (QED) is 0.678. The van der Waals surface area contributed by atoms with Crippen LogP contribution in [0.25, 0.3) is 0 Å². The normalized spacial score (nSPS) is 27.6. The maximum Gasteiger partial charge on any atom is 0.339 e. The average Bonchev–Trinajstić information content (AvgIpc) is 2.48. The number of esters is 1. The molecule has 0 saturated heterocycles. The molecule has 0 unspecified atom stereocenters. The summed E-state index contributed by atoms with van der Waals surface area (Å²) in [5, 5.41) is 19.9. The maximum atomic E-state index is 11.5. The van der Waals surface area contributed by atoms with E-state index in [4.69, 9.17) is 0 Å². The first kappa shape index (κ1) is 11.0. The molecule has 1 heterocycles. The first-order valence-corrected chi connectivity index (χ1v) is 4.94. The van der Waals surface area contributed by atoms with E-state index in [0.717, 1.165) is 0 Å². The van der Waals surface area contributed by atoms with Crippen LogP contribution in [0.4, 0.5) is 0 Å². The van der Waals surface area contributed by atoms with Gasteiger partial charge in [-0.1, -0.05) is 0 Å². The van der Waals surface area contributed by atoms with Gasteiger partial charge in [0, 0.05) is 29.9 Å². The molecule has 1 aliphatic carbocycles. The fraction of sp³-hybridized carbons (Fsp3) is 0.455. The van der Waals surface area contributed by atoms with Crippen LogP contribution < -0.4 is 0 Å². The van der Waals surface area contributed by atoms with Gasteiger partial charge in [0.05, 0.1) is 24.4 Å². The summed E-state index contributed by atoms with van der Waals surface area (Å²) < 4.78 is 4.61. The van der Waals surface area contributed by atoms with E-state index in [2.05, 4.69) is 9.72 Å². The molecule has 0 saturated carbocycles. The number of carbonyl (C=O) groups is 1. The molecule has 2 atom stereocenters. The number of hydrogen-bond donors (Lipinski definition) is 2. The van der Waals surface area contributed by atoms with Crippen molar-refractivity contribution in [2.75, 3.05) is 7.11 Å². The lowest BCUT2D eigenvalue weighted by Crippen LogP contribution is -2.17. The molecular weight excluding hydrogens is 210 g/mol. The van der Waals surface area contributed by atoms with Crippen molar-refractivity contribution in [1.82, 2.24) is 4.98 Å². The van der Waals surface area contributed by atoms with Crippen molar-refractivity contribution in [3.63, 3.8) is 0 Å². The molecule has 16 heavy (non-hydrogen) atoms. The smallest absolute Gasteiger partial charge is 0.339 e. The zero-order valence-corrected chi connectivity index (χ0v) is 9.10. The van der Waals surface area contributed by atoms with E-state index in [1.165, 1.54) is 19.5 Å². The summed E-state index contributed by atoms with van der Waals surface area (Å²) >= 11 is 0. The molecule has 0 bridgehead atoms. The lowest BCUT2D eigenvalue weighted by Gasteiger charge is -2.16. The average molecular weight is 223 g/mol. The van der Waals surface area contributed by atoms with E-state index in [1.54, 1.807) is 6.92 Å². The second-order valence-electron chi connectivity index (χ2n) is 4.13. The number of carbonyl (C=O) groups excluding carboxylic acids is 1. The van der Waals surface area contributed by atoms with Crippen LogP contribution in [0.5, 0.6) is 0 Å². The highest BCUT2D eigenvalue weighted by atomic mass is 16.5. The van der Waals surface area contributed by atoms with Crippen LogP contribution >= 0.6 is 0 Å². The lowest BCUT2D eigenvalue weighted by atomic mass is 9.99. The van der Waals surface area contributed by atoms with Gasteiger partial charge in [-0.2, -0.15) is 0 Å². The first-order valence-electron chi connectivity index (χ1n) is 4.94. The number of fused-ring (bicyclic) bond motifs is 1. The summed E-state index contributed by atoms with van der Waals surface area (Å²) in [4.78, 5) is 15.4. The Morgan fingerprint density at radius 3 is 2.94 bits per heavy atom. The summed E-state index contributed by atoms with van der Waals surface area (Å²) in [5.74, 6) is -0.555. The zero-order chi connectivity index (χ0) is 11.9. The van der Waals surface area contributed by atoms with Crippen LogP contribution in [0.1, 0.15) is 40.9 Å². The number of rotatable bonds is 1. The molecular formula is C11H13NO4. The largest absolute Gasteiger partial charge is 0.465 e. The van der Waals surface area contributed by atoms with Gasteiger partial charge in [-0.15, -0.1) is 0 Å². The van der Waals surface area contributed by atoms with Crippen LogP contribution in [0, 0.1) is 0 Å². The first-order chi connectivity index (χ1) is 7.47. The Morgan fingerprint density at radius 2 is 2.31 bits per heavy atom. The van der Waals surface area contributed by atoms with Crippen LogP contribution in [0.3, 0.4) is 0 Å². The predicted octanol–water partition coefficient (Wildman–Crippen LogP) is 0.513. The Morgan fingerprint density at radius 1 is 1.62 bits per heavy atom. The molecule has 1 aromatic rings. The van der Waals surface area contributed by atoms with Crippen molar-refractivity contribution in [1.29, 1.82) is 0 Å². The van der Waals surface area contributed by atoms with E-state index in [-0.39, 0.29) is 12.0 Å². The monoisotopic (exact) mass is 223 g/mol. The Labute approximate surface area is 92.7 Å². The van der Waals surface area contributed by atoms with Crippen molar-refractivity contribution in [3.8, 4) is 0 Å². The summed E-state index contributed by atoms with van der Waals surface area (Å²) in [7, 11) is 1.27. The summed E-state index contributed by atoms with van der Waals surface area (Å²) in [5.41, 5.74) is -0.0220. The number of methoxy groups -OCH3 is 1. The molecule has 0 amide bonds. The third-order valence-electron chi connectivity index (χ3n) is 2.90. The van der Waals surface area contributed by atoms with Crippen LogP contribution in [-0.2, 0) is 10.3 Å². The van der Waals surface area contributed by atoms with Crippen molar-refractivity contribution in [3.05, 3.63) is 29.1 Å². The number of aromatic nitrogens is 1. The highest BCUT2D eigenvalue weighted by Gasteiger charge is 2.41. The van der Waals surface area contributed by atoms with Crippen molar-refractivity contribution < 1.29 is 19.7 Å². The fourth-order valence-electron chi connectivity index (χ4n) is 2.12. The maximum absolute atomic E-state index is 11.5. The summed E-state index contributed by atoms with van der Waals surface area (Å²) in [6, 6.07) is 0. The Bertz CT molecular complexity index is 442. The fourth-order valence-corrected chi connectivity index (χ4v) is 2.12. The number of aliphatic hydroxyl groups is 2. The highest BCUT2D eigenvalue weighted by molar-refractivity contribution is 5.91. The number of pyridine rings is 1. The molecule has 0 aliphatic heterocycles.